The molecule has 1 saturated heterocycles. The molecule has 1 unspecified atom stereocenters. The normalized spacial score (nSPS) is 21.2. The number of sulfone groups is 1. The lowest BCUT2D eigenvalue weighted by Gasteiger charge is -2.29. The van der Waals surface area contributed by atoms with E-state index < -0.39 is 14.7 Å². The zero-order valence-corrected chi connectivity index (χ0v) is 19.9. The van der Waals surface area contributed by atoms with E-state index in [9.17, 15) is 8.42 Å². The van der Waals surface area contributed by atoms with Gasteiger partial charge in [0.2, 0.25) is 14.7 Å². The predicted molar refractivity (Wildman–Crippen MR) is 135 cm³/mol. The van der Waals surface area contributed by atoms with Crippen LogP contribution in [0.1, 0.15) is 29.9 Å². The Bertz CT molecular complexity index is 1560. The van der Waals surface area contributed by atoms with E-state index in [-0.39, 0.29) is 4.90 Å². The topological polar surface area (TPSA) is 65.5 Å². The lowest BCUT2D eigenvalue weighted by molar-refractivity contribution is 0.256. The smallest absolute Gasteiger partial charge is 0.212 e. The third-order valence-corrected chi connectivity index (χ3v) is 9.48. The van der Waals surface area contributed by atoms with E-state index in [2.05, 4.69) is 23.1 Å². The van der Waals surface area contributed by atoms with Crippen molar-refractivity contribution in [3.63, 3.8) is 0 Å². The molecule has 3 heterocycles. The average Bonchev–Trinajstić information content (AvgIpc) is 3.47. The Hall–Kier alpha value is -3.22. The number of likely N-dealkylation sites (tertiary alicyclic amines) is 1. The molecule has 0 saturated carbocycles. The van der Waals surface area contributed by atoms with Crippen LogP contribution in [0.15, 0.2) is 88.9 Å². The average molecular weight is 470 g/mol. The molecule has 1 atom stereocenters. The van der Waals surface area contributed by atoms with Crippen molar-refractivity contribution in [3.05, 3.63) is 101 Å². The van der Waals surface area contributed by atoms with Crippen molar-refractivity contribution < 1.29 is 8.42 Å². The van der Waals surface area contributed by atoms with Gasteiger partial charge in [-0.2, -0.15) is 0 Å². The Balaban J connectivity index is 1.57. The molecule has 3 aromatic carbocycles. The number of nitrogens with zero attached hydrogens (tertiary/aromatic N) is 2. The van der Waals surface area contributed by atoms with Crippen LogP contribution < -0.4 is 10.6 Å². The van der Waals surface area contributed by atoms with Gasteiger partial charge in [0.05, 0.1) is 10.3 Å². The van der Waals surface area contributed by atoms with Crippen LogP contribution in [0.2, 0.25) is 0 Å². The van der Waals surface area contributed by atoms with Crippen LogP contribution in [-0.4, -0.2) is 38.4 Å². The molecule has 6 heteroatoms. The lowest BCUT2D eigenvalue weighted by atomic mass is 9.88. The highest BCUT2D eigenvalue weighted by molar-refractivity contribution is 7.92. The van der Waals surface area contributed by atoms with Gasteiger partial charge < -0.3 is 9.88 Å². The molecule has 1 N–H and O–H groups in total. The Kier molecular flexibility index (Phi) is 4.97. The van der Waals surface area contributed by atoms with Gasteiger partial charge in [-0.3, -0.25) is 4.99 Å². The number of hydrogen-bond donors (Lipinski definition) is 1. The van der Waals surface area contributed by atoms with Crippen molar-refractivity contribution in [3.8, 4) is 0 Å². The summed E-state index contributed by atoms with van der Waals surface area (Å²) in [6, 6.07) is 22.2. The van der Waals surface area contributed by atoms with Crippen LogP contribution in [0.3, 0.4) is 0 Å². The first-order chi connectivity index (χ1) is 16.5. The molecule has 1 fully saturated rings. The van der Waals surface area contributed by atoms with Gasteiger partial charge >= 0.3 is 0 Å². The molecule has 34 heavy (non-hydrogen) atoms. The van der Waals surface area contributed by atoms with Gasteiger partial charge in [-0.1, -0.05) is 42.5 Å². The summed E-state index contributed by atoms with van der Waals surface area (Å²) >= 11 is 0. The van der Waals surface area contributed by atoms with Gasteiger partial charge in [0.1, 0.15) is 0 Å². The molecule has 1 aromatic heterocycles. The summed E-state index contributed by atoms with van der Waals surface area (Å²) in [6.07, 6.45) is 6.12. The third-order valence-electron chi connectivity index (χ3n) is 7.32. The van der Waals surface area contributed by atoms with E-state index >= 15 is 0 Å². The van der Waals surface area contributed by atoms with E-state index in [0.717, 1.165) is 42.1 Å². The summed E-state index contributed by atoms with van der Waals surface area (Å²) in [5.41, 5.74) is 2.97. The van der Waals surface area contributed by atoms with Gasteiger partial charge in [-0.05, 0) is 91.7 Å². The highest BCUT2D eigenvalue weighted by atomic mass is 32.2. The Morgan fingerprint density at radius 1 is 0.971 bits per heavy atom. The van der Waals surface area contributed by atoms with E-state index in [1.165, 1.54) is 5.56 Å². The number of para-hydroxylation sites is 1. The highest BCUT2D eigenvalue weighted by Crippen LogP contribution is 2.42. The van der Waals surface area contributed by atoms with Crippen molar-refractivity contribution in [2.24, 2.45) is 4.99 Å². The zero-order valence-electron chi connectivity index (χ0n) is 19.1. The molecule has 5 nitrogen and oxygen atoms in total. The first-order valence-corrected chi connectivity index (χ1v) is 13.2. The quantitative estimate of drug-likeness (QED) is 0.496. The van der Waals surface area contributed by atoms with Gasteiger partial charge in [-0.15, -0.1) is 0 Å². The Morgan fingerprint density at radius 2 is 1.71 bits per heavy atom. The first-order valence-electron chi connectivity index (χ1n) is 11.8. The minimum Gasteiger partial charge on any atom is -0.361 e. The second-order valence-electron chi connectivity index (χ2n) is 9.41. The molecule has 0 bridgehead atoms. The van der Waals surface area contributed by atoms with Crippen molar-refractivity contribution in [2.45, 2.75) is 28.5 Å². The molecule has 0 radical (unpaired) electrons. The van der Waals surface area contributed by atoms with Crippen LogP contribution in [0.25, 0.3) is 17.0 Å². The molecule has 0 spiro atoms. The second-order valence-corrected chi connectivity index (χ2v) is 11.5. The minimum absolute atomic E-state index is 0.271. The summed E-state index contributed by atoms with van der Waals surface area (Å²) in [4.78, 5) is 9.42. The van der Waals surface area contributed by atoms with E-state index in [4.69, 9.17) is 4.99 Å². The summed E-state index contributed by atoms with van der Waals surface area (Å²) < 4.78 is 28.4. The van der Waals surface area contributed by atoms with Crippen LogP contribution in [0.5, 0.6) is 0 Å². The molecule has 2 aliphatic heterocycles. The maximum atomic E-state index is 14.2. The fourth-order valence-electron chi connectivity index (χ4n) is 5.38. The van der Waals surface area contributed by atoms with Crippen LogP contribution >= 0.6 is 0 Å². The summed E-state index contributed by atoms with van der Waals surface area (Å²) in [7, 11) is -1.69. The van der Waals surface area contributed by atoms with Crippen molar-refractivity contribution >= 4 is 26.8 Å². The maximum Gasteiger partial charge on any atom is 0.212 e. The van der Waals surface area contributed by atoms with Gasteiger partial charge in [-0.25, -0.2) is 8.42 Å². The van der Waals surface area contributed by atoms with Crippen LogP contribution in [0.4, 0.5) is 0 Å². The third kappa shape index (κ3) is 3.24. The lowest BCUT2D eigenvalue weighted by Crippen LogP contribution is -2.31. The van der Waals surface area contributed by atoms with Crippen LogP contribution in [0, 0.1) is 0 Å². The number of piperidine rings is 1. The molecule has 6 rings (SSSR count). The van der Waals surface area contributed by atoms with Crippen molar-refractivity contribution in [1.29, 1.82) is 0 Å². The van der Waals surface area contributed by atoms with Gasteiger partial charge in [0, 0.05) is 17.1 Å². The second kappa shape index (κ2) is 7.93. The standard InChI is InChI=1S/C28H27N3O2S/c1-31-15-13-20(14-16-31)25-19-29-27-12-11-22(17-24(25)27)28(18-21-7-5-6-10-26(21)30-28)34(32,33)23-8-3-2-4-9-23/h2-12,17-20,29H,13-16H2,1H3. The largest absolute Gasteiger partial charge is 0.361 e. The fourth-order valence-corrected chi connectivity index (χ4v) is 7.19. The molecule has 0 amide bonds. The summed E-state index contributed by atoms with van der Waals surface area (Å²) in [6.45, 7) is 2.14. The molecular weight excluding hydrogens is 442 g/mol. The van der Waals surface area contributed by atoms with E-state index in [1.54, 1.807) is 24.3 Å². The monoisotopic (exact) mass is 469 g/mol. The number of H-pyrrole nitrogens is 1. The number of rotatable bonds is 4. The number of aromatic amines is 1. The predicted octanol–water partition coefficient (Wildman–Crippen LogP) is 3.72. The number of fused-ring (bicyclic) bond motifs is 2. The number of benzene rings is 3. The molecule has 172 valence electrons. The highest BCUT2D eigenvalue weighted by Gasteiger charge is 2.46. The number of nitrogens with one attached hydrogen (secondary N) is 1. The molecule has 4 aromatic rings. The Morgan fingerprint density at radius 3 is 2.47 bits per heavy atom. The van der Waals surface area contributed by atoms with Crippen LogP contribution in [-0.2, 0) is 14.7 Å². The summed E-state index contributed by atoms with van der Waals surface area (Å²) in [5.74, 6) is 0.462. The maximum absolute atomic E-state index is 14.2. The van der Waals surface area contributed by atoms with Crippen molar-refractivity contribution in [1.82, 2.24) is 9.88 Å². The van der Waals surface area contributed by atoms with E-state index in [0.29, 0.717) is 16.8 Å². The zero-order chi connectivity index (χ0) is 23.3. The van der Waals surface area contributed by atoms with Gasteiger partial charge in [0.15, 0.2) is 0 Å². The molecular formula is C28H27N3O2S. The van der Waals surface area contributed by atoms with E-state index in [1.807, 2.05) is 54.6 Å². The number of hydrogen-bond acceptors (Lipinski definition) is 4. The van der Waals surface area contributed by atoms with Gasteiger partial charge in [0.25, 0.3) is 0 Å². The summed E-state index contributed by atoms with van der Waals surface area (Å²) in [5, 5.41) is 2.63. The minimum atomic E-state index is -3.86. The fraction of sp³-hybridized carbons (Fsp3) is 0.250. The SMILES string of the molecule is CN1CCC(c2c[nH]c3ccc(C4(S(=O)(=O)c5ccccc5)C=c5ccccc5=N4)cc23)CC1. The molecule has 2 aliphatic rings. The molecule has 0 aliphatic carbocycles. The van der Waals surface area contributed by atoms with Crippen molar-refractivity contribution in [2.75, 3.05) is 20.1 Å². The Labute approximate surface area is 199 Å². The first kappa shape index (κ1) is 21.3. The number of aromatic nitrogens is 1.